The van der Waals surface area contributed by atoms with Crippen LogP contribution in [0.1, 0.15) is 32.8 Å². The van der Waals surface area contributed by atoms with Gasteiger partial charge in [-0.2, -0.15) is 0 Å². The second-order valence-corrected chi connectivity index (χ2v) is 13.1. The van der Waals surface area contributed by atoms with Gasteiger partial charge in [-0.15, -0.1) is 0 Å². The van der Waals surface area contributed by atoms with Crippen LogP contribution in [0.5, 0.6) is 5.75 Å². The molecule has 3 aromatic carbocycles. The molecule has 0 heterocycles. The Hall–Kier alpha value is -2.98. The van der Waals surface area contributed by atoms with Crippen LogP contribution in [0.3, 0.4) is 0 Å². The first kappa shape index (κ1) is 33.5. The van der Waals surface area contributed by atoms with E-state index in [4.69, 9.17) is 39.5 Å². The minimum Gasteiger partial charge on any atom is -0.497 e. The van der Waals surface area contributed by atoms with Gasteiger partial charge in [0.05, 0.1) is 17.7 Å². The average molecular weight is 655 g/mol. The van der Waals surface area contributed by atoms with Crippen LogP contribution in [0.15, 0.2) is 71.6 Å². The molecule has 0 radical (unpaired) electrons. The fourth-order valence-electron chi connectivity index (χ4n) is 4.21. The Balaban J connectivity index is 2.07. The summed E-state index contributed by atoms with van der Waals surface area (Å²) in [6, 6.07) is 16.0. The molecule has 0 unspecified atom stereocenters. The molecule has 1 atom stereocenters. The SMILES string of the molecule is CC[C@H](C(=O)NCC(C)C)N(Cc1ccc(Cl)cc1Cl)C(=O)CN(c1cccc(Cl)c1)S(=O)(=O)c1ccc(OC)cc1. The number of carbonyl (C=O) groups is 2. The number of methoxy groups -OCH3 is 1. The Kier molecular flexibility index (Phi) is 11.9. The van der Waals surface area contributed by atoms with Crippen LogP contribution in [0.4, 0.5) is 5.69 Å². The molecule has 0 aliphatic carbocycles. The van der Waals surface area contributed by atoms with E-state index in [1.54, 1.807) is 43.3 Å². The van der Waals surface area contributed by atoms with E-state index in [1.807, 2.05) is 13.8 Å². The molecule has 1 N–H and O–H groups in total. The van der Waals surface area contributed by atoms with Crippen molar-refractivity contribution in [3.8, 4) is 5.75 Å². The van der Waals surface area contributed by atoms with Gasteiger partial charge in [0.2, 0.25) is 11.8 Å². The molecule has 3 aromatic rings. The lowest BCUT2D eigenvalue weighted by atomic mass is 10.1. The Morgan fingerprint density at radius 2 is 1.62 bits per heavy atom. The fraction of sp³-hybridized carbons (Fsp3) is 0.333. The number of hydrogen-bond donors (Lipinski definition) is 1. The van der Waals surface area contributed by atoms with Gasteiger partial charge in [0.15, 0.2) is 0 Å². The van der Waals surface area contributed by atoms with E-state index in [0.29, 0.717) is 32.9 Å². The number of sulfonamides is 1. The molecule has 0 fully saturated rings. The van der Waals surface area contributed by atoms with Crippen molar-refractivity contribution in [2.75, 3.05) is 24.5 Å². The highest BCUT2D eigenvalue weighted by Crippen LogP contribution is 2.29. The normalized spacial score (nSPS) is 12.1. The van der Waals surface area contributed by atoms with Crippen molar-refractivity contribution in [2.24, 2.45) is 5.92 Å². The number of nitrogens with zero attached hydrogens (tertiary/aromatic N) is 2. The zero-order valence-electron chi connectivity index (χ0n) is 23.8. The summed E-state index contributed by atoms with van der Waals surface area (Å²) in [7, 11) is -2.78. The molecule has 0 saturated heterocycles. The number of rotatable bonds is 13. The predicted molar refractivity (Wildman–Crippen MR) is 168 cm³/mol. The van der Waals surface area contributed by atoms with Crippen molar-refractivity contribution in [3.05, 3.63) is 87.4 Å². The molecular formula is C30H34Cl3N3O5S. The minimum atomic E-state index is -4.26. The van der Waals surface area contributed by atoms with Crippen molar-refractivity contribution in [3.63, 3.8) is 0 Å². The van der Waals surface area contributed by atoms with E-state index >= 15 is 0 Å². The Morgan fingerprint density at radius 3 is 2.19 bits per heavy atom. The number of nitrogens with one attached hydrogen (secondary N) is 1. The van der Waals surface area contributed by atoms with Gasteiger partial charge >= 0.3 is 0 Å². The van der Waals surface area contributed by atoms with Gasteiger partial charge in [-0.3, -0.25) is 13.9 Å². The molecule has 0 aliphatic rings. The van der Waals surface area contributed by atoms with Crippen LogP contribution in [-0.2, 0) is 26.2 Å². The molecule has 0 saturated carbocycles. The fourth-order valence-corrected chi connectivity index (χ4v) is 6.27. The van der Waals surface area contributed by atoms with E-state index < -0.39 is 28.5 Å². The summed E-state index contributed by atoms with van der Waals surface area (Å²) in [5.74, 6) is -0.292. The second-order valence-electron chi connectivity index (χ2n) is 9.99. The standard InChI is InChI=1S/C30H34Cl3N3O5S/c1-5-28(30(38)34-17-20(2)3)35(18-21-9-10-23(32)16-27(21)33)29(37)19-36(24-8-6-7-22(31)15-24)42(39,40)26-13-11-25(41-4)12-14-26/h6-16,20,28H,5,17-19H2,1-4H3,(H,34,38)/t28-/m1/s1. The quantitative estimate of drug-likeness (QED) is 0.229. The third-order valence-corrected chi connectivity index (χ3v) is 9.06. The van der Waals surface area contributed by atoms with Gasteiger partial charge in [0.1, 0.15) is 18.3 Å². The first-order valence-corrected chi connectivity index (χ1v) is 15.9. The van der Waals surface area contributed by atoms with Crippen molar-refractivity contribution in [2.45, 2.75) is 44.7 Å². The lowest BCUT2D eigenvalue weighted by molar-refractivity contribution is -0.140. The number of halogens is 3. The second kappa shape index (κ2) is 15.0. The van der Waals surface area contributed by atoms with Crippen LogP contribution in [0.25, 0.3) is 0 Å². The number of anilines is 1. The number of carbonyl (C=O) groups excluding carboxylic acids is 2. The molecule has 8 nitrogen and oxygen atoms in total. The third-order valence-electron chi connectivity index (χ3n) is 6.45. The molecule has 0 spiro atoms. The maximum Gasteiger partial charge on any atom is 0.264 e. The minimum absolute atomic E-state index is 0.0472. The Morgan fingerprint density at radius 1 is 0.952 bits per heavy atom. The highest BCUT2D eigenvalue weighted by atomic mass is 35.5. The van der Waals surface area contributed by atoms with Crippen LogP contribution in [0.2, 0.25) is 15.1 Å². The molecule has 42 heavy (non-hydrogen) atoms. The first-order chi connectivity index (χ1) is 19.9. The Labute approximate surface area is 262 Å². The summed E-state index contributed by atoms with van der Waals surface area (Å²) < 4.78 is 34.1. The van der Waals surface area contributed by atoms with Gasteiger partial charge in [-0.25, -0.2) is 8.42 Å². The monoisotopic (exact) mass is 653 g/mol. The van der Waals surface area contributed by atoms with Crippen LogP contribution in [0, 0.1) is 5.92 Å². The number of hydrogen-bond acceptors (Lipinski definition) is 5. The molecular weight excluding hydrogens is 621 g/mol. The predicted octanol–water partition coefficient (Wildman–Crippen LogP) is 6.43. The highest BCUT2D eigenvalue weighted by molar-refractivity contribution is 7.92. The summed E-state index contributed by atoms with van der Waals surface area (Å²) in [6.45, 7) is 5.48. The number of ether oxygens (including phenoxy) is 1. The molecule has 12 heteroatoms. The largest absolute Gasteiger partial charge is 0.497 e. The van der Waals surface area contributed by atoms with Crippen molar-refractivity contribution in [1.29, 1.82) is 0 Å². The van der Waals surface area contributed by atoms with Crippen LogP contribution >= 0.6 is 34.8 Å². The molecule has 2 amide bonds. The van der Waals surface area contributed by atoms with Crippen molar-refractivity contribution in [1.82, 2.24) is 10.2 Å². The van der Waals surface area contributed by atoms with Gasteiger partial charge in [0.25, 0.3) is 10.0 Å². The molecule has 226 valence electrons. The summed E-state index contributed by atoms with van der Waals surface area (Å²) in [5, 5.41) is 3.91. The number of amides is 2. The highest BCUT2D eigenvalue weighted by Gasteiger charge is 2.34. The average Bonchev–Trinajstić information content (AvgIpc) is 2.95. The zero-order chi connectivity index (χ0) is 31.0. The first-order valence-electron chi connectivity index (χ1n) is 13.3. The van der Waals surface area contributed by atoms with Gasteiger partial charge in [0, 0.05) is 28.2 Å². The van der Waals surface area contributed by atoms with Crippen molar-refractivity contribution < 1.29 is 22.7 Å². The van der Waals surface area contributed by atoms with E-state index in [2.05, 4.69) is 5.32 Å². The molecule has 0 aliphatic heterocycles. The lowest BCUT2D eigenvalue weighted by Crippen LogP contribution is -2.52. The zero-order valence-corrected chi connectivity index (χ0v) is 26.9. The summed E-state index contributed by atoms with van der Waals surface area (Å²) in [6.07, 6.45) is 0.281. The van der Waals surface area contributed by atoms with Crippen LogP contribution < -0.4 is 14.4 Å². The third kappa shape index (κ3) is 8.53. The maximum atomic E-state index is 14.1. The lowest BCUT2D eigenvalue weighted by Gasteiger charge is -2.33. The molecule has 0 bridgehead atoms. The van der Waals surface area contributed by atoms with Gasteiger partial charge in [-0.05, 0) is 72.5 Å². The van der Waals surface area contributed by atoms with Gasteiger partial charge < -0.3 is 15.0 Å². The van der Waals surface area contributed by atoms with E-state index in [0.717, 1.165) is 4.31 Å². The molecule has 3 rings (SSSR count). The maximum absolute atomic E-state index is 14.1. The van der Waals surface area contributed by atoms with Gasteiger partial charge in [-0.1, -0.05) is 67.7 Å². The van der Waals surface area contributed by atoms with E-state index in [9.17, 15) is 18.0 Å². The number of benzene rings is 3. The smallest absolute Gasteiger partial charge is 0.264 e. The molecule has 0 aromatic heterocycles. The summed E-state index contributed by atoms with van der Waals surface area (Å²) in [5.41, 5.74) is 0.741. The summed E-state index contributed by atoms with van der Waals surface area (Å²) >= 11 is 18.8. The summed E-state index contributed by atoms with van der Waals surface area (Å²) in [4.78, 5) is 28.7. The topological polar surface area (TPSA) is 96.0 Å². The van der Waals surface area contributed by atoms with E-state index in [1.165, 1.54) is 42.3 Å². The Bertz CT molecular complexity index is 1500. The van der Waals surface area contributed by atoms with Crippen LogP contribution in [-0.4, -0.2) is 51.4 Å². The van der Waals surface area contributed by atoms with Crippen molar-refractivity contribution >= 4 is 62.3 Å². The van der Waals surface area contributed by atoms with E-state index in [-0.39, 0.29) is 35.4 Å².